The van der Waals surface area contributed by atoms with Gasteiger partial charge in [0.1, 0.15) is 0 Å². The Bertz CT molecular complexity index is 760. The first-order chi connectivity index (χ1) is 11.9. The fourth-order valence-electron chi connectivity index (χ4n) is 4.71. The van der Waals surface area contributed by atoms with Gasteiger partial charge in [0.2, 0.25) is 0 Å². The van der Waals surface area contributed by atoms with Crippen LogP contribution in [0.25, 0.3) is 11.3 Å². The highest BCUT2D eigenvalue weighted by atomic mass is 14.9. The molecule has 1 aliphatic heterocycles. The summed E-state index contributed by atoms with van der Waals surface area (Å²) in [5.74, 6) is 0.683. The Kier molecular flexibility index (Phi) is 4.07. The molecule has 1 aromatic carbocycles. The summed E-state index contributed by atoms with van der Waals surface area (Å²) >= 11 is 0. The van der Waals surface area contributed by atoms with Crippen molar-refractivity contribution in [2.24, 2.45) is 0 Å². The summed E-state index contributed by atoms with van der Waals surface area (Å²) in [6.07, 6.45) is 5.02. The zero-order chi connectivity index (χ0) is 17.7. The summed E-state index contributed by atoms with van der Waals surface area (Å²) in [5.41, 5.74) is 7.66. The normalized spacial score (nSPS) is 22.6. The number of nitrogens with one attached hydrogen (secondary N) is 2. The lowest BCUT2D eigenvalue weighted by Gasteiger charge is -2.42. The summed E-state index contributed by atoms with van der Waals surface area (Å²) < 4.78 is 0. The van der Waals surface area contributed by atoms with E-state index >= 15 is 0 Å². The summed E-state index contributed by atoms with van der Waals surface area (Å²) in [4.78, 5) is 3.73. The lowest BCUT2D eigenvalue weighted by Crippen LogP contribution is -2.33. The van der Waals surface area contributed by atoms with Gasteiger partial charge in [-0.25, -0.2) is 0 Å². The molecule has 0 radical (unpaired) electrons. The first kappa shape index (κ1) is 16.9. The topological polar surface area (TPSA) is 27.8 Å². The Morgan fingerprint density at radius 1 is 0.840 bits per heavy atom. The number of hydrogen-bond donors (Lipinski definition) is 2. The lowest BCUT2D eigenvalue weighted by atomic mass is 9.63. The predicted octanol–water partition coefficient (Wildman–Crippen LogP) is 5.50. The van der Waals surface area contributed by atoms with Crippen molar-refractivity contribution in [3.05, 3.63) is 47.2 Å². The highest BCUT2D eigenvalue weighted by Crippen LogP contribution is 2.46. The number of aromatic amines is 1. The Labute approximate surface area is 152 Å². The first-order valence-corrected chi connectivity index (χ1v) is 9.92. The molecule has 1 fully saturated rings. The molecule has 2 heterocycles. The maximum absolute atomic E-state index is 3.73. The van der Waals surface area contributed by atoms with Crippen LogP contribution < -0.4 is 5.32 Å². The van der Waals surface area contributed by atoms with Crippen LogP contribution in [0.4, 0.5) is 0 Å². The van der Waals surface area contributed by atoms with Gasteiger partial charge in [0, 0.05) is 17.3 Å². The van der Waals surface area contributed by atoms with Crippen LogP contribution in [-0.4, -0.2) is 18.1 Å². The van der Waals surface area contributed by atoms with Crippen LogP contribution in [-0.2, 0) is 10.8 Å². The molecule has 2 nitrogen and oxygen atoms in total. The number of fused-ring (bicyclic) bond motifs is 1. The smallest absolute Gasteiger partial charge is 0.0456 e. The van der Waals surface area contributed by atoms with Crippen molar-refractivity contribution in [1.29, 1.82) is 0 Å². The zero-order valence-corrected chi connectivity index (χ0v) is 16.2. The third-order valence-electron chi connectivity index (χ3n) is 6.65. The fraction of sp³-hybridized carbons (Fsp3) is 0.565. The summed E-state index contributed by atoms with van der Waals surface area (Å²) in [5, 5.41) is 3.46. The van der Waals surface area contributed by atoms with E-state index in [4.69, 9.17) is 0 Å². The quantitative estimate of drug-likeness (QED) is 0.745. The van der Waals surface area contributed by atoms with Crippen molar-refractivity contribution in [3.63, 3.8) is 0 Å². The second kappa shape index (κ2) is 6.02. The third-order valence-corrected chi connectivity index (χ3v) is 6.65. The van der Waals surface area contributed by atoms with E-state index in [2.05, 4.69) is 68.3 Å². The van der Waals surface area contributed by atoms with E-state index in [0.717, 1.165) is 13.1 Å². The average molecular weight is 337 g/mol. The van der Waals surface area contributed by atoms with Crippen LogP contribution in [0.1, 0.15) is 76.1 Å². The molecule has 0 amide bonds. The van der Waals surface area contributed by atoms with E-state index in [1.807, 2.05) is 0 Å². The predicted molar refractivity (Wildman–Crippen MR) is 106 cm³/mol. The van der Waals surface area contributed by atoms with Gasteiger partial charge in [-0.2, -0.15) is 0 Å². The molecule has 0 saturated carbocycles. The second-order valence-corrected chi connectivity index (χ2v) is 9.38. The molecule has 2 aromatic rings. The molecule has 1 aliphatic carbocycles. The van der Waals surface area contributed by atoms with Gasteiger partial charge < -0.3 is 10.3 Å². The maximum atomic E-state index is 3.73. The SMILES string of the molecule is CC1(C)CCC(C)(C)c2cc(-c3ccc(C4CCNCC4)[nH]3)ccc21. The first-order valence-electron chi connectivity index (χ1n) is 9.92. The molecular formula is C23H32N2. The maximum Gasteiger partial charge on any atom is 0.0456 e. The second-order valence-electron chi connectivity index (χ2n) is 9.38. The van der Waals surface area contributed by atoms with E-state index in [0.29, 0.717) is 11.3 Å². The molecule has 0 spiro atoms. The number of aromatic nitrogens is 1. The summed E-state index contributed by atoms with van der Waals surface area (Å²) in [6, 6.07) is 11.7. The Hall–Kier alpha value is -1.54. The monoisotopic (exact) mass is 336 g/mol. The molecule has 2 heteroatoms. The molecule has 134 valence electrons. The zero-order valence-electron chi connectivity index (χ0n) is 16.2. The third kappa shape index (κ3) is 3.06. The van der Waals surface area contributed by atoms with Gasteiger partial charge >= 0.3 is 0 Å². The van der Waals surface area contributed by atoms with Crippen LogP contribution in [0.3, 0.4) is 0 Å². The number of H-pyrrole nitrogens is 1. The summed E-state index contributed by atoms with van der Waals surface area (Å²) in [7, 11) is 0. The Balaban J connectivity index is 1.69. The van der Waals surface area contributed by atoms with Crippen molar-refractivity contribution < 1.29 is 0 Å². The summed E-state index contributed by atoms with van der Waals surface area (Å²) in [6.45, 7) is 11.9. The van der Waals surface area contributed by atoms with Crippen LogP contribution in [0, 0.1) is 0 Å². The Morgan fingerprint density at radius 3 is 2.24 bits per heavy atom. The van der Waals surface area contributed by atoms with Crippen molar-refractivity contribution in [1.82, 2.24) is 10.3 Å². The van der Waals surface area contributed by atoms with E-state index < -0.39 is 0 Å². The molecule has 0 bridgehead atoms. The minimum Gasteiger partial charge on any atom is -0.358 e. The van der Waals surface area contributed by atoms with Crippen LogP contribution >= 0.6 is 0 Å². The average Bonchev–Trinajstić information content (AvgIpc) is 3.10. The fourth-order valence-corrected chi connectivity index (χ4v) is 4.71. The number of rotatable bonds is 2. The Morgan fingerprint density at radius 2 is 1.52 bits per heavy atom. The molecule has 1 aromatic heterocycles. The van der Waals surface area contributed by atoms with Gasteiger partial charge in [-0.3, -0.25) is 0 Å². The van der Waals surface area contributed by atoms with Crippen molar-refractivity contribution >= 4 is 0 Å². The molecule has 2 aliphatic rings. The van der Waals surface area contributed by atoms with Gasteiger partial charge in [-0.15, -0.1) is 0 Å². The molecule has 4 rings (SSSR count). The highest BCUT2D eigenvalue weighted by molar-refractivity contribution is 5.64. The van der Waals surface area contributed by atoms with Gasteiger partial charge in [-0.1, -0.05) is 39.8 Å². The van der Waals surface area contributed by atoms with E-state index in [1.165, 1.54) is 48.2 Å². The standard InChI is InChI=1S/C23H32N2/c1-22(2)11-12-23(3,4)19-15-17(5-6-18(19)22)21-8-7-20(25-21)16-9-13-24-14-10-16/h5-8,15-16,24-25H,9-14H2,1-4H3. The molecule has 0 unspecified atom stereocenters. The lowest BCUT2D eigenvalue weighted by molar-refractivity contribution is 0.332. The highest BCUT2D eigenvalue weighted by Gasteiger charge is 2.37. The van der Waals surface area contributed by atoms with Gasteiger partial charge in [-0.05, 0) is 84.5 Å². The van der Waals surface area contributed by atoms with Crippen molar-refractivity contribution in [3.8, 4) is 11.3 Å². The molecule has 2 N–H and O–H groups in total. The minimum atomic E-state index is 0.269. The van der Waals surface area contributed by atoms with E-state index in [-0.39, 0.29) is 5.41 Å². The van der Waals surface area contributed by atoms with E-state index in [1.54, 1.807) is 5.56 Å². The number of benzene rings is 1. The number of piperidine rings is 1. The van der Waals surface area contributed by atoms with Crippen molar-refractivity contribution in [2.75, 3.05) is 13.1 Å². The molecule has 0 atom stereocenters. The largest absolute Gasteiger partial charge is 0.358 e. The van der Waals surface area contributed by atoms with Gasteiger partial charge in [0.15, 0.2) is 0 Å². The van der Waals surface area contributed by atoms with Crippen molar-refractivity contribution in [2.45, 2.75) is 70.1 Å². The minimum absolute atomic E-state index is 0.269. The number of hydrogen-bond acceptors (Lipinski definition) is 1. The van der Waals surface area contributed by atoms with Gasteiger partial charge in [0.25, 0.3) is 0 Å². The molecule has 1 saturated heterocycles. The van der Waals surface area contributed by atoms with Gasteiger partial charge in [0.05, 0.1) is 0 Å². The van der Waals surface area contributed by atoms with E-state index in [9.17, 15) is 0 Å². The van der Waals surface area contributed by atoms with Crippen LogP contribution in [0.15, 0.2) is 30.3 Å². The molecule has 25 heavy (non-hydrogen) atoms. The van der Waals surface area contributed by atoms with Crippen LogP contribution in [0.5, 0.6) is 0 Å². The molecular weight excluding hydrogens is 304 g/mol. The van der Waals surface area contributed by atoms with Crippen LogP contribution in [0.2, 0.25) is 0 Å².